The van der Waals surface area contributed by atoms with Gasteiger partial charge >= 0.3 is 6.03 Å². The van der Waals surface area contributed by atoms with Crippen LogP contribution >= 0.6 is 0 Å². The van der Waals surface area contributed by atoms with Gasteiger partial charge < -0.3 is 29.6 Å². The second-order valence-electron chi connectivity index (χ2n) is 6.59. The fourth-order valence-corrected chi connectivity index (χ4v) is 3.15. The van der Waals surface area contributed by atoms with Crippen LogP contribution in [0.5, 0.6) is 23.0 Å². The molecule has 10 nitrogen and oxygen atoms in total. The van der Waals surface area contributed by atoms with Crippen LogP contribution in [-0.4, -0.2) is 57.7 Å². The van der Waals surface area contributed by atoms with Gasteiger partial charge in [0.15, 0.2) is 11.5 Å². The molecule has 1 fully saturated rings. The maximum Gasteiger partial charge on any atom is 0.329 e. The fraction of sp³-hybridized carbons (Fsp3) is 0.227. The van der Waals surface area contributed by atoms with Crippen molar-refractivity contribution in [1.29, 1.82) is 0 Å². The number of para-hydroxylation sites is 2. The molecule has 0 aliphatic carbocycles. The molecule has 2 aromatic carbocycles. The van der Waals surface area contributed by atoms with Gasteiger partial charge in [-0.15, -0.1) is 0 Å². The van der Waals surface area contributed by atoms with Crippen LogP contribution in [0.3, 0.4) is 0 Å². The summed E-state index contributed by atoms with van der Waals surface area (Å²) in [6.07, 6.45) is 1.46. The summed E-state index contributed by atoms with van der Waals surface area (Å²) in [5, 5.41) is 5.11. The molecule has 3 rings (SSSR count). The van der Waals surface area contributed by atoms with Crippen LogP contribution in [0.15, 0.2) is 42.1 Å². The number of carbonyl (C=O) groups excluding carboxylic acids is 3. The van der Waals surface area contributed by atoms with Gasteiger partial charge in [0.1, 0.15) is 18.0 Å². The Hall–Kier alpha value is -4.21. The van der Waals surface area contributed by atoms with Crippen molar-refractivity contribution >= 4 is 29.6 Å². The van der Waals surface area contributed by atoms with Gasteiger partial charge in [-0.3, -0.25) is 9.59 Å². The first-order valence-corrected chi connectivity index (χ1v) is 9.49. The zero-order valence-electron chi connectivity index (χ0n) is 18.1. The Balaban J connectivity index is 1.78. The molecule has 32 heavy (non-hydrogen) atoms. The van der Waals surface area contributed by atoms with Crippen molar-refractivity contribution in [2.24, 2.45) is 0 Å². The average Bonchev–Trinajstić information content (AvgIpc) is 3.05. The van der Waals surface area contributed by atoms with Crippen LogP contribution in [0.4, 0.5) is 10.5 Å². The van der Waals surface area contributed by atoms with Gasteiger partial charge in [-0.2, -0.15) is 0 Å². The van der Waals surface area contributed by atoms with Crippen molar-refractivity contribution in [3.8, 4) is 23.0 Å². The number of carbonyl (C=O) groups is 3. The van der Waals surface area contributed by atoms with Crippen molar-refractivity contribution in [2.75, 3.05) is 40.3 Å². The highest BCUT2D eigenvalue weighted by atomic mass is 16.5. The molecule has 0 saturated carbocycles. The molecule has 0 bridgehead atoms. The summed E-state index contributed by atoms with van der Waals surface area (Å²) in [4.78, 5) is 38.3. The van der Waals surface area contributed by atoms with E-state index < -0.39 is 24.4 Å². The van der Waals surface area contributed by atoms with E-state index in [2.05, 4.69) is 10.6 Å². The van der Waals surface area contributed by atoms with Gasteiger partial charge in [-0.25, -0.2) is 9.69 Å². The molecule has 168 valence electrons. The molecule has 1 saturated heterocycles. The Kier molecular flexibility index (Phi) is 6.83. The summed E-state index contributed by atoms with van der Waals surface area (Å²) in [5.74, 6) is 0.451. The normalized spacial score (nSPS) is 14.2. The molecule has 2 aromatic rings. The second-order valence-corrected chi connectivity index (χ2v) is 6.59. The Morgan fingerprint density at radius 2 is 1.59 bits per heavy atom. The van der Waals surface area contributed by atoms with Crippen LogP contribution in [-0.2, 0) is 9.59 Å². The van der Waals surface area contributed by atoms with Gasteiger partial charge in [0, 0.05) is 0 Å². The number of benzene rings is 2. The predicted octanol–water partition coefficient (Wildman–Crippen LogP) is 2.25. The number of nitrogens with zero attached hydrogens (tertiary/aromatic N) is 1. The van der Waals surface area contributed by atoms with Crippen molar-refractivity contribution in [1.82, 2.24) is 10.2 Å². The molecule has 0 radical (unpaired) electrons. The van der Waals surface area contributed by atoms with Gasteiger partial charge in [-0.1, -0.05) is 12.1 Å². The Morgan fingerprint density at radius 1 is 0.969 bits per heavy atom. The summed E-state index contributed by atoms with van der Waals surface area (Å²) < 4.78 is 21.1. The van der Waals surface area contributed by atoms with E-state index in [9.17, 15) is 14.4 Å². The standard InChI is InChI=1S/C22H23N3O7/c1-29-16-8-6-5-7-14(16)23-19(26)12-25-21(27)15(24-22(25)28)9-13-10-17(30-2)20(32-4)18(11-13)31-3/h5-11H,12H2,1-4H3,(H,23,26)(H,24,28)/b15-9+. The predicted molar refractivity (Wildman–Crippen MR) is 116 cm³/mol. The molecule has 1 heterocycles. The number of methoxy groups -OCH3 is 4. The molecular weight excluding hydrogens is 418 g/mol. The molecule has 0 spiro atoms. The molecule has 10 heteroatoms. The van der Waals surface area contributed by atoms with Crippen LogP contribution in [0, 0.1) is 0 Å². The third-order valence-electron chi connectivity index (χ3n) is 4.64. The lowest BCUT2D eigenvalue weighted by Crippen LogP contribution is -2.38. The van der Waals surface area contributed by atoms with E-state index in [0.29, 0.717) is 34.2 Å². The minimum atomic E-state index is -0.705. The summed E-state index contributed by atoms with van der Waals surface area (Å²) in [6.45, 7) is -0.463. The van der Waals surface area contributed by atoms with Crippen molar-refractivity contribution in [2.45, 2.75) is 0 Å². The number of hydrogen-bond acceptors (Lipinski definition) is 7. The van der Waals surface area contributed by atoms with Crippen molar-refractivity contribution < 1.29 is 33.3 Å². The van der Waals surface area contributed by atoms with Crippen molar-refractivity contribution in [3.63, 3.8) is 0 Å². The van der Waals surface area contributed by atoms with E-state index in [1.54, 1.807) is 36.4 Å². The first-order valence-electron chi connectivity index (χ1n) is 9.49. The largest absolute Gasteiger partial charge is 0.495 e. The molecule has 0 unspecified atom stereocenters. The van der Waals surface area contributed by atoms with Crippen molar-refractivity contribution in [3.05, 3.63) is 47.7 Å². The Labute approximate surface area is 184 Å². The van der Waals surface area contributed by atoms with Crippen LogP contribution in [0.25, 0.3) is 6.08 Å². The summed E-state index contributed by atoms with van der Waals surface area (Å²) >= 11 is 0. The SMILES string of the molecule is COc1ccccc1NC(=O)CN1C(=O)N/C(=C/c2cc(OC)c(OC)c(OC)c2)C1=O. The van der Waals surface area contributed by atoms with Gasteiger partial charge in [0.2, 0.25) is 11.7 Å². The molecule has 4 amide bonds. The van der Waals surface area contributed by atoms with E-state index in [1.807, 2.05) is 0 Å². The summed E-state index contributed by atoms with van der Waals surface area (Å²) in [7, 11) is 5.90. The average molecular weight is 441 g/mol. The number of ether oxygens (including phenoxy) is 4. The highest BCUT2D eigenvalue weighted by Crippen LogP contribution is 2.38. The molecule has 0 atom stereocenters. The zero-order chi connectivity index (χ0) is 23.3. The molecule has 1 aliphatic heterocycles. The summed E-state index contributed by atoms with van der Waals surface area (Å²) in [6, 6.07) is 9.37. The van der Waals surface area contributed by atoms with E-state index in [0.717, 1.165) is 4.90 Å². The van der Waals surface area contributed by atoms with Gasteiger partial charge in [0.25, 0.3) is 5.91 Å². The smallest absolute Gasteiger partial charge is 0.329 e. The van der Waals surface area contributed by atoms with Crippen LogP contribution in [0.2, 0.25) is 0 Å². The quantitative estimate of drug-likeness (QED) is 0.477. The third kappa shape index (κ3) is 4.59. The Bertz CT molecular complexity index is 1060. The highest BCUT2D eigenvalue weighted by Gasteiger charge is 2.35. The monoisotopic (exact) mass is 441 g/mol. The van der Waals surface area contributed by atoms with E-state index in [1.165, 1.54) is 34.5 Å². The minimum absolute atomic E-state index is 0.00867. The number of nitrogens with one attached hydrogen (secondary N) is 2. The number of rotatable bonds is 8. The number of amides is 4. The molecule has 0 aromatic heterocycles. The molecule has 2 N–H and O–H groups in total. The number of urea groups is 1. The summed E-state index contributed by atoms with van der Waals surface area (Å²) in [5.41, 5.74) is 0.970. The topological polar surface area (TPSA) is 115 Å². The van der Waals surface area contributed by atoms with E-state index in [4.69, 9.17) is 18.9 Å². The lowest BCUT2D eigenvalue weighted by Gasteiger charge is -2.14. The van der Waals surface area contributed by atoms with Crippen LogP contribution in [0.1, 0.15) is 5.56 Å². The van der Waals surface area contributed by atoms with Gasteiger partial charge in [0.05, 0.1) is 34.1 Å². The van der Waals surface area contributed by atoms with Gasteiger partial charge in [-0.05, 0) is 35.9 Å². The first kappa shape index (κ1) is 22.5. The molecular formula is C22H23N3O7. The lowest BCUT2D eigenvalue weighted by molar-refractivity contribution is -0.127. The maximum atomic E-state index is 12.7. The number of anilines is 1. The van der Waals surface area contributed by atoms with Crippen LogP contribution < -0.4 is 29.6 Å². The highest BCUT2D eigenvalue weighted by molar-refractivity contribution is 6.16. The second kappa shape index (κ2) is 9.73. The minimum Gasteiger partial charge on any atom is -0.495 e. The number of hydrogen-bond donors (Lipinski definition) is 2. The third-order valence-corrected chi connectivity index (χ3v) is 4.64. The zero-order valence-corrected chi connectivity index (χ0v) is 18.1. The first-order chi connectivity index (χ1) is 15.4. The number of imide groups is 1. The Morgan fingerprint density at radius 3 is 2.19 bits per heavy atom. The van der Waals surface area contributed by atoms with E-state index >= 15 is 0 Å². The fourth-order valence-electron chi connectivity index (χ4n) is 3.15. The lowest BCUT2D eigenvalue weighted by atomic mass is 10.1. The molecule has 1 aliphatic rings. The maximum absolute atomic E-state index is 12.7. The van der Waals surface area contributed by atoms with E-state index in [-0.39, 0.29) is 5.70 Å².